The molecule has 0 amide bonds. The number of carbonyl (C=O) groups is 16. The summed E-state index contributed by atoms with van der Waals surface area (Å²) in [5.41, 5.74) is 18.0. The van der Waals surface area contributed by atoms with E-state index in [4.69, 9.17) is 62.1 Å². The third-order valence-electron chi connectivity index (χ3n) is 12.8. The van der Waals surface area contributed by atoms with Crippen LogP contribution in [0.5, 0.6) is 0 Å². The number of nitrogens with two attached hydrogens (primary N) is 3. The minimum atomic E-state index is -1.18. The molecule has 0 aromatic heterocycles. The Labute approximate surface area is 658 Å². The van der Waals surface area contributed by atoms with Crippen molar-refractivity contribution in [2.24, 2.45) is 35.0 Å². The fourth-order valence-electron chi connectivity index (χ4n) is 6.19. The first-order valence-corrected chi connectivity index (χ1v) is 35.8. The summed E-state index contributed by atoms with van der Waals surface area (Å²) in [6.07, 6.45) is 6.23. The number of aliphatic hydroxyl groups excluding tert-OH is 3. The van der Waals surface area contributed by atoms with Crippen molar-refractivity contribution in [2.75, 3.05) is 53.7 Å². The van der Waals surface area contributed by atoms with Crippen LogP contribution < -0.4 is 17.2 Å². The number of esters is 3. The highest BCUT2D eigenvalue weighted by Gasteiger charge is 2.31. The van der Waals surface area contributed by atoms with E-state index >= 15 is 0 Å². The Morgan fingerprint density at radius 2 is 0.901 bits per heavy atom. The molecular weight excluding hydrogens is 1450 g/mol. The molecule has 3 aromatic carbocycles. The molecule has 12 N–H and O–H groups in total. The van der Waals surface area contributed by atoms with Gasteiger partial charge in [0.1, 0.15) is 61.4 Å². The second-order valence-corrected chi connectivity index (χ2v) is 25.1. The Morgan fingerprint density at radius 3 is 1.11 bits per heavy atom. The van der Waals surface area contributed by atoms with E-state index < -0.39 is 53.7 Å². The van der Waals surface area contributed by atoms with Crippen molar-refractivity contribution in [3.05, 3.63) is 108 Å². The van der Waals surface area contributed by atoms with Crippen LogP contribution in [0.1, 0.15) is 219 Å². The number of carboxylic acids is 3. The highest BCUT2D eigenvalue weighted by atomic mass is 16.5. The molecule has 30 nitrogen and oxygen atoms in total. The zero-order valence-corrected chi connectivity index (χ0v) is 69.7. The van der Waals surface area contributed by atoms with Crippen molar-refractivity contribution in [1.82, 2.24) is 0 Å². The number of rotatable bonds is 28. The van der Waals surface area contributed by atoms with Crippen LogP contribution in [-0.4, -0.2) is 196 Å². The van der Waals surface area contributed by atoms with E-state index in [-0.39, 0.29) is 117 Å². The summed E-state index contributed by atoms with van der Waals surface area (Å²) in [6, 6.07) is 29.7. The number of benzene rings is 3. The van der Waals surface area contributed by atoms with Gasteiger partial charge in [0.15, 0.2) is 23.1 Å². The van der Waals surface area contributed by atoms with Crippen molar-refractivity contribution in [2.45, 2.75) is 240 Å². The van der Waals surface area contributed by atoms with Gasteiger partial charge >= 0.3 is 35.8 Å². The fourth-order valence-corrected chi connectivity index (χ4v) is 6.19. The van der Waals surface area contributed by atoms with Gasteiger partial charge in [0.25, 0.3) is 0 Å². The van der Waals surface area contributed by atoms with Gasteiger partial charge in [-0.1, -0.05) is 139 Å². The minimum Gasteiger partial charge on any atom is -0.481 e. The van der Waals surface area contributed by atoms with Gasteiger partial charge in [0.05, 0.1) is 58.5 Å². The predicted molar refractivity (Wildman–Crippen MR) is 424 cm³/mol. The molecule has 4 unspecified atom stereocenters. The second-order valence-electron chi connectivity index (χ2n) is 25.1. The van der Waals surface area contributed by atoms with E-state index in [1.54, 1.807) is 27.7 Å². The lowest BCUT2D eigenvalue weighted by Gasteiger charge is -2.36. The molecule has 0 saturated heterocycles. The Morgan fingerprint density at radius 1 is 0.523 bits per heavy atom. The number of ketones is 10. The molecule has 1 aliphatic rings. The summed E-state index contributed by atoms with van der Waals surface area (Å²) < 4.78 is 24.0. The number of hydrogen-bond donors (Lipinski definition) is 9. The molecule has 30 heteroatoms. The van der Waals surface area contributed by atoms with Crippen LogP contribution in [0.25, 0.3) is 0 Å². The summed E-state index contributed by atoms with van der Waals surface area (Å²) in [7, 11) is 2.52. The number of carbonyl (C=O) groups excluding carboxylic acids is 13. The fraction of sp³-hybridized carbons (Fsp3) is 0.580. The standard InChI is InChI=1S/C13H24O2.C12H14O3.C10H12O2.C8H10.C5H11NO.C5H8O3.C4H9NO.C4H6O3.C4H8O3.C4H8O2.C3H7NO.3C3H6O2/c1-9(2)12-6-5-10(3)7-13(12)15-8-11(4)14;1-10(13)7-8-12(14)15-9-11-5-3-2-4-6-11;1-9(11)7-12-8-10-5-3-2-4-6-10;1-2-8-6-4-3-5-7-8;1-4(7)5(2,3)6;1-4(6)2-3-5(7)8;1-4(6)2-3-5;1-3(5)4(6)7-2;1-3(6)4(7)2-5;1-2-3-4(5)6;1-3(5)2-4;1-3(4)5-2;1-3(5)2-4;1-2-3(4)5/h9-10,12-13H,5-8H2,1-4H3;2-6H,7-9H2,1H3;2-6H,7-8H2,1H3;3-7H,2H2,1H3;6H2,1-3H3;2-3H2,1H3,(H,7,8);2-3,5H2,1H3;1-2H3;4-5,7H,2H2,1H3;2-3H2,1H3,(H,5,6);2,4H2,1H3;1-2H3;4H,2H2,1H3;2H2,1H3,(H,4,5). The van der Waals surface area contributed by atoms with E-state index in [0.29, 0.717) is 50.5 Å². The molecule has 0 radical (unpaired) electrons. The molecule has 636 valence electrons. The van der Waals surface area contributed by atoms with Crippen LogP contribution in [0, 0.1) is 17.8 Å². The van der Waals surface area contributed by atoms with Crippen LogP contribution in [0.15, 0.2) is 91.0 Å². The highest BCUT2D eigenvalue weighted by Crippen LogP contribution is 2.35. The molecule has 4 rings (SSSR count). The summed E-state index contributed by atoms with van der Waals surface area (Å²) >= 11 is 0. The van der Waals surface area contributed by atoms with E-state index in [1.807, 2.05) is 73.7 Å². The summed E-state index contributed by atoms with van der Waals surface area (Å²) in [5.74, 6) is -2.50. The molecule has 0 aliphatic heterocycles. The van der Waals surface area contributed by atoms with Crippen LogP contribution in [0.4, 0.5) is 0 Å². The van der Waals surface area contributed by atoms with Crippen LogP contribution >= 0.6 is 0 Å². The molecule has 1 aliphatic carbocycles. The van der Waals surface area contributed by atoms with E-state index in [9.17, 15) is 76.7 Å². The number of Topliss-reactive ketones (excluding diaryl/α,β-unsaturated/α-hetero) is 10. The number of hydrogen-bond acceptors (Lipinski definition) is 27. The normalized spacial score (nSPS) is 12.2. The minimum absolute atomic E-state index is 0.00617. The summed E-state index contributed by atoms with van der Waals surface area (Å²) in [5, 5.41) is 47.8. The van der Waals surface area contributed by atoms with E-state index in [1.165, 1.54) is 94.9 Å². The number of aliphatic carboxylic acids is 3. The third-order valence-corrected chi connectivity index (χ3v) is 12.8. The van der Waals surface area contributed by atoms with Crippen molar-refractivity contribution in [3.8, 4) is 0 Å². The molecule has 0 spiro atoms. The van der Waals surface area contributed by atoms with Crippen LogP contribution in [0.2, 0.25) is 0 Å². The first-order valence-electron chi connectivity index (χ1n) is 35.8. The lowest BCUT2D eigenvalue weighted by Crippen LogP contribution is -2.39. The lowest BCUT2D eigenvalue weighted by molar-refractivity contribution is -0.150. The molecule has 3 aromatic rings. The van der Waals surface area contributed by atoms with Gasteiger partial charge < -0.3 is 81.1 Å². The van der Waals surface area contributed by atoms with Gasteiger partial charge in [-0.15, -0.1) is 0 Å². The van der Waals surface area contributed by atoms with Gasteiger partial charge in [-0.3, -0.25) is 62.3 Å². The zero-order valence-electron chi connectivity index (χ0n) is 69.7. The first-order chi connectivity index (χ1) is 51.5. The number of aryl methyl sites for hydroxylation is 1. The monoisotopic (exact) mass is 1580 g/mol. The summed E-state index contributed by atoms with van der Waals surface area (Å²) in [6.45, 7) is 32.4. The van der Waals surface area contributed by atoms with Crippen molar-refractivity contribution in [3.63, 3.8) is 0 Å². The Bertz CT molecular complexity index is 2890. The SMILES string of the molecule is CC(=O)C(C)(C)N.CC(=O)C(O)CO.CC(=O)CCC(=O)O.CC(=O)CCC(=O)OCc1ccccc1.CC(=O)CCN.CC(=O)CN.CC(=O)CO.CC(=O)COC1CC(C)CCC1C(C)C.CC(=O)COCc1ccccc1.CCC(=O)O.CCCC(=O)O.CCc1ccccc1.COC(=O)C(C)=O.COC(C)=O. The van der Waals surface area contributed by atoms with E-state index in [2.05, 4.69) is 61.4 Å². The lowest BCUT2D eigenvalue weighted by atomic mass is 9.75. The third kappa shape index (κ3) is 117. The van der Waals surface area contributed by atoms with Gasteiger partial charge in [0.2, 0.25) is 5.78 Å². The molecule has 1 saturated carbocycles. The average Bonchev–Trinajstić information content (AvgIpc) is 0.855. The van der Waals surface area contributed by atoms with Crippen LogP contribution in [0.3, 0.4) is 0 Å². The van der Waals surface area contributed by atoms with Gasteiger partial charge in [-0.2, -0.15) is 0 Å². The quantitative estimate of drug-likeness (QED) is 0.0186. The number of aliphatic hydroxyl groups is 3. The maximum Gasteiger partial charge on any atom is 0.374 e. The highest BCUT2D eigenvalue weighted by molar-refractivity contribution is 6.32. The zero-order chi connectivity index (χ0) is 88.6. The smallest absolute Gasteiger partial charge is 0.374 e. The Balaban J connectivity index is -0.000000126. The first kappa shape index (κ1) is 123. The number of ether oxygens (including phenoxy) is 5. The Hall–Kier alpha value is -9.14. The number of carboxylic acid groups (broad SMARTS) is 3. The average molecular weight is 1580 g/mol. The second kappa shape index (κ2) is 84.9. The predicted octanol–water partition coefficient (Wildman–Crippen LogP) is 9.18. The van der Waals surface area contributed by atoms with Crippen molar-refractivity contribution >= 4 is 93.6 Å². The largest absolute Gasteiger partial charge is 0.481 e. The number of methoxy groups -OCH3 is 2. The molecular formula is C81H135N3O27. The molecule has 0 bridgehead atoms. The van der Waals surface area contributed by atoms with Crippen molar-refractivity contribution < 1.29 is 131 Å². The van der Waals surface area contributed by atoms with E-state index in [0.717, 1.165) is 43.2 Å². The summed E-state index contributed by atoms with van der Waals surface area (Å²) in [4.78, 5) is 161. The molecule has 4 atom stereocenters. The Kier molecular flexibility index (Phi) is 93.9. The maximum absolute atomic E-state index is 11.1. The van der Waals surface area contributed by atoms with Gasteiger partial charge in [-0.05, 0) is 143 Å². The molecule has 1 fully saturated rings. The molecule has 0 heterocycles. The topological polar surface area (TPSA) is 519 Å². The maximum atomic E-state index is 11.1. The molecule has 111 heavy (non-hydrogen) atoms. The van der Waals surface area contributed by atoms with Gasteiger partial charge in [-0.25, -0.2) is 4.79 Å². The van der Waals surface area contributed by atoms with Gasteiger partial charge in [0, 0.05) is 46.0 Å². The van der Waals surface area contributed by atoms with Crippen molar-refractivity contribution in [1.29, 1.82) is 0 Å². The van der Waals surface area contributed by atoms with Crippen LogP contribution in [-0.2, 0) is 120 Å².